The quantitative estimate of drug-likeness (QED) is 0.255. The number of carbonyl (C=O) groups excluding carboxylic acids is 4. The maximum Gasteiger partial charge on any atom is 0.508 e. The fraction of sp³-hybridized carbons (Fsp3) is 0.500. The van der Waals surface area contributed by atoms with Gasteiger partial charge in [-0.3, -0.25) is 29.6 Å². The summed E-state index contributed by atoms with van der Waals surface area (Å²) in [5, 5.41) is 13.4. The molecule has 1 aromatic heterocycles. The number of nitrogens with one attached hydrogen (secondary N) is 2. The number of rotatable bonds is 8. The third-order valence-corrected chi connectivity index (χ3v) is 6.06. The molecule has 1 aromatic rings. The summed E-state index contributed by atoms with van der Waals surface area (Å²) in [7, 11) is 1.78. The molecule has 13 heteroatoms. The van der Waals surface area contributed by atoms with Crippen LogP contribution >= 0.6 is 0 Å². The number of hydrogen-bond acceptors (Lipinski definition) is 9. The minimum Gasteiger partial charge on any atom is -0.450 e. The summed E-state index contributed by atoms with van der Waals surface area (Å²) in [5.41, 5.74) is 1.97. The number of allylic oxidation sites excluding steroid dienone is 1. The number of nitrogens with zero attached hydrogens (tertiary/aromatic N) is 3. The molecule has 200 valence electrons. The van der Waals surface area contributed by atoms with Crippen LogP contribution in [0.5, 0.6) is 0 Å². The average Bonchev–Trinajstić information content (AvgIpc) is 2.85. The largest absolute Gasteiger partial charge is 0.508 e. The minimum atomic E-state index is -1.77. The smallest absolute Gasteiger partial charge is 0.450 e. The maximum atomic E-state index is 13.6. The van der Waals surface area contributed by atoms with Crippen LogP contribution < -0.4 is 10.6 Å². The van der Waals surface area contributed by atoms with E-state index in [1.54, 1.807) is 27.1 Å². The molecule has 3 amide bonds. The van der Waals surface area contributed by atoms with Crippen LogP contribution in [0.25, 0.3) is 6.08 Å². The van der Waals surface area contributed by atoms with Crippen LogP contribution in [-0.2, 0) is 25.5 Å². The van der Waals surface area contributed by atoms with Crippen LogP contribution in [0.2, 0.25) is 0 Å². The molecule has 13 nitrogen and oxygen atoms in total. The van der Waals surface area contributed by atoms with Crippen molar-refractivity contribution in [2.75, 3.05) is 26.7 Å². The normalized spacial score (nSPS) is 18.8. The molecule has 1 saturated heterocycles. The second-order valence-corrected chi connectivity index (χ2v) is 9.11. The van der Waals surface area contributed by atoms with Gasteiger partial charge in [0.05, 0.1) is 6.54 Å². The van der Waals surface area contributed by atoms with E-state index in [0.717, 1.165) is 24.0 Å². The van der Waals surface area contributed by atoms with Gasteiger partial charge in [-0.2, -0.15) is 0 Å². The Hall–Kier alpha value is -4.00. The Kier molecular flexibility index (Phi) is 9.17. The van der Waals surface area contributed by atoms with E-state index in [2.05, 4.69) is 15.0 Å². The average molecular weight is 518 g/mol. The molecule has 1 aliphatic heterocycles. The molecular weight excluding hydrogens is 486 g/mol. The van der Waals surface area contributed by atoms with Crippen molar-refractivity contribution in [3.05, 3.63) is 35.2 Å². The molecule has 2 heterocycles. The van der Waals surface area contributed by atoms with E-state index < -0.39 is 42.6 Å². The molecule has 0 spiro atoms. The third kappa shape index (κ3) is 7.03. The van der Waals surface area contributed by atoms with E-state index in [1.807, 2.05) is 28.4 Å². The highest BCUT2D eigenvalue weighted by molar-refractivity contribution is 5.99. The summed E-state index contributed by atoms with van der Waals surface area (Å²) < 4.78 is 9.59. The van der Waals surface area contributed by atoms with E-state index in [4.69, 9.17) is 9.84 Å². The van der Waals surface area contributed by atoms with Crippen molar-refractivity contribution in [2.24, 2.45) is 5.92 Å². The highest BCUT2D eigenvalue weighted by Crippen LogP contribution is 2.22. The first-order valence-corrected chi connectivity index (χ1v) is 11.9. The van der Waals surface area contributed by atoms with E-state index >= 15 is 0 Å². The van der Waals surface area contributed by atoms with Crippen LogP contribution in [0.4, 0.5) is 9.59 Å². The molecule has 1 fully saturated rings. The Morgan fingerprint density at radius 2 is 1.97 bits per heavy atom. The van der Waals surface area contributed by atoms with Gasteiger partial charge in [0.15, 0.2) is 12.5 Å². The van der Waals surface area contributed by atoms with Crippen LogP contribution in [0.1, 0.15) is 41.9 Å². The summed E-state index contributed by atoms with van der Waals surface area (Å²) in [5.74, 6) is -1.24. The fourth-order valence-corrected chi connectivity index (χ4v) is 4.15. The van der Waals surface area contributed by atoms with E-state index in [0.29, 0.717) is 6.54 Å². The zero-order valence-electron chi connectivity index (χ0n) is 20.9. The third-order valence-electron chi connectivity index (χ3n) is 6.06. The molecule has 3 N–H and O–H groups in total. The monoisotopic (exact) mass is 517 g/mol. The second-order valence-electron chi connectivity index (χ2n) is 9.11. The standard InChI is InChI=1S/C24H31N5O8/c1-14(2)19(27-21(31)20-16-7-5-4-6-15(16)8-9-25-20)22(32)29-11-10-28(3)12-18(29)37-23(33)26-17(13-30)36-24(34)35/h5,7-9,13-14,17-19H,4,6,10-12H2,1-3H3,(H,26,33)(H,27,31)(H,34,35)/t17-,18?,19-/m0/s1. The van der Waals surface area contributed by atoms with Gasteiger partial charge in [0.1, 0.15) is 11.7 Å². The van der Waals surface area contributed by atoms with E-state index in [-0.39, 0.29) is 31.0 Å². The maximum absolute atomic E-state index is 13.6. The van der Waals surface area contributed by atoms with Crippen LogP contribution in [0.15, 0.2) is 18.3 Å². The second kappa shape index (κ2) is 12.3. The molecule has 37 heavy (non-hydrogen) atoms. The molecule has 3 atom stereocenters. The van der Waals surface area contributed by atoms with Crippen molar-refractivity contribution in [1.29, 1.82) is 0 Å². The van der Waals surface area contributed by atoms with Crippen LogP contribution in [0.3, 0.4) is 0 Å². The Morgan fingerprint density at radius 1 is 1.22 bits per heavy atom. The first kappa shape index (κ1) is 27.6. The number of ether oxygens (including phenoxy) is 2. The van der Waals surface area contributed by atoms with E-state index in [9.17, 15) is 24.0 Å². The van der Waals surface area contributed by atoms with Gasteiger partial charge in [-0.1, -0.05) is 26.0 Å². The van der Waals surface area contributed by atoms with Gasteiger partial charge < -0.3 is 24.8 Å². The molecule has 1 aliphatic carbocycles. The number of aldehydes is 1. The number of pyridine rings is 1. The number of aromatic nitrogens is 1. The van der Waals surface area contributed by atoms with Crippen molar-refractivity contribution >= 4 is 36.4 Å². The number of likely N-dealkylation sites (N-methyl/N-ethyl adjacent to an activating group) is 1. The summed E-state index contributed by atoms with van der Waals surface area (Å²) in [4.78, 5) is 68.2. The fourth-order valence-electron chi connectivity index (χ4n) is 4.15. The lowest BCUT2D eigenvalue weighted by atomic mass is 9.96. The lowest BCUT2D eigenvalue weighted by molar-refractivity contribution is -0.150. The van der Waals surface area contributed by atoms with Crippen molar-refractivity contribution in [2.45, 2.75) is 45.2 Å². The van der Waals surface area contributed by atoms with Crippen molar-refractivity contribution in [3.63, 3.8) is 0 Å². The highest BCUT2D eigenvalue weighted by Gasteiger charge is 2.38. The van der Waals surface area contributed by atoms with Crippen molar-refractivity contribution in [1.82, 2.24) is 25.4 Å². The number of aryl methyl sites for hydroxylation is 1. The number of hydrogen-bond donors (Lipinski definition) is 3. The zero-order valence-corrected chi connectivity index (χ0v) is 20.9. The summed E-state index contributed by atoms with van der Waals surface area (Å²) in [6.45, 7) is 4.42. The van der Waals surface area contributed by atoms with Crippen LogP contribution in [0, 0.1) is 5.92 Å². The van der Waals surface area contributed by atoms with Gasteiger partial charge in [-0.25, -0.2) is 9.59 Å². The number of fused-ring (bicyclic) bond motifs is 1. The lowest BCUT2D eigenvalue weighted by Gasteiger charge is -2.41. The van der Waals surface area contributed by atoms with Crippen LogP contribution in [-0.4, -0.2) is 95.4 Å². The first-order chi connectivity index (χ1) is 17.6. The topological polar surface area (TPSA) is 167 Å². The predicted molar refractivity (Wildman–Crippen MR) is 129 cm³/mol. The molecular formula is C24H31N5O8. The SMILES string of the molecule is CC(C)[C@H](NC(=O)c1nccc2c1C=CCC2)C(=O)N1CCN(C)CC1OC(=O)N[C@H](C=O)OC(=O)O. The van der Waals surface area contributed by atoms with E-state index in [1.165, 1.54) is 4.90 Å². The first-order valence-electron chi connectivity index (χ1n) is 11.9. The summed E-state index contributed by atoms with van der Waals surface area (Å²) in [6, 6.07) is 0.933. The number of amides is 3. The molecule has 0 bridgehead atoms. The summed E-state index contributed by atoms with van der Waals surface area (Å²) >= 11 is 0. The predicted octanol–water partition coefficient (Wildman–Crippen LogP) is 0.841. The van der Waals surface area contributed by atoms with Gasteiger partial charge in [0, 0.05) is 24.8 Å². The Balaban J connectivity index is 1.75. The van der Waals surface area contributed by atoms with Crippen molar-refractivity contribution in [3.8, 4) is 0 Å². The van der Waals surface area contributed by atoms with Crippen molar-refractivity contribution < 1.29 is 38.6 Å². The Bertz CT molecular complexity index is 1080. The number of carboxylic acid groups (broad SMARTS) is 1. The molecule has 0 aromatic carbocycles. The highest BCUT2D eigenvalue weighted by atomic mass is 16.7. The number of alkyl carbamates (subject to hydrolysis) is 1. The van der Waals surface area contributed by atoms with Gasteiger partial charge in [-0.15, -0.1) is 0 Å². The molecule has 2 aliphatic rings. The Labute approximate surface area is 213 Å². The molecule has 0 radical (unpaired) electrons. The Morgan fingerprint density at radius 3 is 2.65 bits per heavy atom. The van der Waals surface area contributed by atoms with Gasteiger partial charge >= 0.3 is 12.2 Å². The lowest BCUT2D eigenvalue weighted by Crippen LogP contribution is -2.61. The van der Waals surface area contributed by atoms with Gasteiger partial charge in [0.25, 0.3) is 5.91 Å². The van der Waals surface area contributed by atoms with Gasteiger partial charge in [-0.05, 0) is 37.4 Å². The molecule has 1 unspecified atom stereocenters. The zero-order chi connectivity index (χ0) is 27.1. The number of piperazine rings is 1. The molecule has 0 saturated carbocycles. The molecule has 3 rings (SSSR count). The summed E-state index contributed by atoms with van der Waals surface area (Å²) in [6.07, 6.45) is 1.43. The minimum absolute atomic E-state index is 0.0845. The van der Waals surface area contributed by atoms with Gasteiger partial charge in [0.2, 0.25) is 12.1 Å². The number of carbonyl (C=O) groups is 5.